The maximum Gasteiger partial charge on any atom is 0.266 e. The molecule has 27 heavy (non-hydrogen) atoms. The fraction of sp³-hybridized carbons (Fsp3) is 0.222. The molecule has 0 aliphatic heterocycles. The molecule has 3 rings (SSSR count). The lowest BCUT2D eigenvalue weighted by Gasteiger charge is -2.15. The van der Waals surface area contributed by atoms with Crippen LogP contribution in [0.4, 0.5) is 0 Å². The van der Waals surface area contributed by atoms with Gasteiger partial charge in [0.25, 0.3) is 11.5 Å². The van der Waals surface area contributed by atoms with E-state index < -0.39 is 6.10 Å². The predicted molar refractivity (Wildman–Crippen MR) is 100 cm³/mol. The average Bonchev–Trinajstić information content (AvgIpc) is 3.19. The molecule has 0 bridgehead atoms. The van der Waals surface area contributed by atoms with E-state index >= 15 is 0 Å². The number of nitrogens with one attached hydrogen (secondary N) is 1. The van der Waals surface area contributed by atoms with Crippen LogP contribution in [0.25, 0.3) is 5.82 Å². The number of aromatic nitrogens is 4. The Bertz CT molecular complexity index is 971. The first-order valence-corrected chi connectivity index (χ1v) is 8.69. The third-order valence-corrected chi connectivity index (χ3v) is 4.04. The van der Waals surface area contributed by atoms with Crippen LogP contribution in [-0.4, -0.2) is 38.1 Å². The molecule has 3 aromatic rings. The van der Waals surface area contributed by atoms with Gasteiger partial charge in [0.2, 0.25) is 0 Å². The highest BCUT2D eigenvalue weighted by molar-refractivity contribution is 6.32. The standard InChI is InChI=1S/C18H18ClN5O3/c1-13(27-15-6-3-2-5-14(15)19)18(26)20-10-12-24-17(25)8-7-16(22-24)23-11-4-9-21-23/h2-9,11,13H,10,12H2,1H3,(H,20,26)/t13-/m0/s1. The number of hydrogen-bond acceptors (Lipinski definition) is 5. The van der Waals surface area contributed by atoms with Crippen molar-refractivity contribution in [1.82, 2.24) is 24.9 Å². The number of carbonyl (C=O) groups is 1. The van der Waals surface area contributed by atoms with E-state index in [1.165, 1.54) is 10.7 Å². The maximum absolute atomic E-state index is 12.2. The number of benzene rings is 1. The van der Waals surface area contributed by atoms with Gasteiger partial charge in [-0.2, -0.15) is 5.10 Å². The zero-order chi connectivity index (χ0) is 19.2. The lowest BCUT2D eigenvalue weighted by molar-refractivity contribution is -0.127. The Morgan fingerprint density at radius 1 is 1.26 bits per heavy atom. The van der Waals surface area contributed by atoms with Crippen LogP contribution in [0.15, 0.2) is 59.7 Å². The van der Waals surface area contributed by atoms with Gasteiger partial charge in [-0.1, -0.05) is 23.7 Å². The van der Waals surface area contributed by atoms with Gasteiger partial charge in [0.1, 0.15) is 5.75 Å². The Kier molecular flexibility index (Phi) is 5.87. The van der Waals surface area contributed by atoms with Crippen molar-refractivity contribution in [2.75, 3.05) is 6.54 Å². The fourth-order valence-corrected chi connectivity index (χ4v) is 2.52. The summed E-state index contributed by atoms with van der Waals surface area (Å²) in [4.78, 5) is 24.1. The van der Waals surface area contributed by atoms with Gasteiger partial charge >= 0.3 is 0 Å². The van der Waals surface area contributed by atoms with Crippen molar-refractivity contribution in [1.29, 1.82) is 0 Å². The van der Waals surface area contributed by atoms with E-state index in [1.54, 1.807) is 60.4 Å². The SMILES string of the molecule is C[C@H](Oc1ccccc1Cl)C(=O)NCCn1nc(-n2cccn2)ccc1=O. The molecule has 140 valence electrons. The zero-order valence-electron chi connectivity index (χ0n) is 14.6. The molecule has 1 aromatic carbocycles. The number of hydrogen-bond donors (Lipinski definition) is 1. The van der Waals surface area contributed by atoms with Crippen molar-refractivity contribution < 1.29 is 9.53 Å². The van der Waals surface area contributed by atoms with E-state index in [4.69, 9.17) is 16.3 Å². The van der Waals surface area contributed by atoms with Crippen LogP contribution in [0, 0.1) is 0 Å². The second-order valence-corrected chi connectivity index (χ2v) is 6.09. The molecule has 1 atom stereocenters. The number of rotatable bonds is 7. The highest BCUT2D eigenvalue weighted by Gasteiger charge is 2.15. The average molecular weight is 388 g/mol. The van der Waals surface area contributed by atoms with Crippen LogP contribution in [0.3, 0.4) is 0 Å². The first kappa shape index (κ1) is 18.7. The van der Waals surface area contributed by atoms with Crippen LogP contribution < -0.4 is 15.6 Å². The number of para-hydroxylation sites is 1. The Balaban J connectivity index is 1.56. The number of carbonyl (C=O) groups excluding carboxylic acids is 1. The van der Waals surface area contributed by atoms with E-state index in [0.29, 0.717) is 16.6 Å². The first-order valence-electron chi connectivity index (χ1n) is 8.31. The highest BCUT2D eigenvalue weighted by Crippen LogP contribution is 2.24. The lowest BCUT2D eigenvalue weighted by atomic mass is 10.3. The Morgan fingerprint density at radius 3 is 2.81 bits per heavy atom. The van der Waals surface area contributed by atoms with E-state index in [0.717, 1.165) is 0 Å². The lowest BCUT2D eigenvalue weighted by Crippen LogP contribution is -2.39. The number of amides is 1. The van der Waals surface area contributed by atoms with Gasteiger partial charge in [0, 0.05) is 25.0 Å². The summed E-state index contributed by atoms with van der Waals surface area (Å²) >= 11 is 6.02. The summed E-state index contributed by atoms with van der Waals surface area (Å²) in [5.41, 5.74) is -0.263. The van der Waals surface area contributed by atoms with Crippen LogP contribution in [0.2, 0.25) is 5.02 Å². The van der Waals surface area contributed by atoms with Crippen molar-refractivity contribution in [2.24, 2.45) is 0 Å². The molecule has 2 heterocycles. The van der Waals surface area contributed by atoms with Crippen LogP contribution >= 0.6 is 11.6 Å². The molecule has 0 saturated carbocycles. The Morgan fingerprint density at radius 2 is 2.07 bits per heavy atom. The van der Waals surface area contributed by atoms with Gasteiger partial charge in [-0.3, -0.25) is 9.59 Å². The molecular formula is C18H18ClN5O3. The molecule has 9 heteroatoms. The van der Waals surface area contributed by atoms with E-state index in [-0.39, 0.29) is 24.6 Å². The van der Waals surface area contributed by atoms with Crippen LogP contribution in [0.1, 0.15) is 6.92 Å². The highest BCUT2D eigenvalue weighted by atomic mass is 35.5. The third kappa shape index (κ3) is 4.73. The molecule has 1 amide bonds. The molecule has 0 saturated heterocycles. The molecule has 0 spiro atoms. The molecule has 0 aliphatic carbocycles. The summed E-state index contributed by atoms with van der Waals surface area (Å²) in [5, 5.41) is 11.5. The van der Waals surface area contributed by atoms with Gasteiger partial charge in [-0.05, 0) is 31.2 Å². The van der Waals surface area contributed by atoms with Gasteiger partial charge in [0.05, 0.1) is 11.6 Å². The minimum atomic E-state index is -0.731. The Hall–Kier alpha value is -3.13. The molecule has 2 aromatic heterocycles. The largest absolute Gasteiger partial charge is 0.479 e. The smallest absolute Gasteiger partial charge is 0.266 e. The quantitative estimate of drug-likeness (QED) is 0.665. The molecule has 8 nitrogen and oxygen atoms in total. The van der Waals surface area contributed by atoms with Crippen LogP contribution in [-0.2, 0) is 11.3 Å². The summed E-state index contributed by atoms with van der Waals surface area (Å²) in [5.74, 6) is 0.638. The predicted octanol–water partition coefficient (Wildman–Crippen LogP) is 1.67. The molecule has 0 radical (unpaired) electrons. The van der Waals surface area contributed by atoms with Crippen LogP contribution in [0.5, 0.6) is 5.75 Å². The normalized spacial score (nSPS) is 11.8. The second kappa shape index (κ2) is 8.50. The van der Waals surface area contributed by atoms with E-state index in [1.807, 2.05) is 0 Å². The minimum Gasteiger partial charge on any atom is -0.479 e. The minimum absolute atomic E-state index is 0.221. The van der Waals surface area contributed by atoms with Crippen molar-refractivity contribution in [3.63, 3.8) is 0 Å². The third-order valence-electron chi connectivity index (χ3n) is 3.72. The summed E-state index contributed by atoms with van der Waals surface area (Å²) in [6.07, 6.45) is 2.62. The summed E-state index contributed by atoms with van der Waals surface area (Å²) < 4.78 is 8.39. The maximum atomic E-state index is 12.2. The monoisotopic (exact) mass is 387 g/mol. The van der Waals surface area contributed by atoms with Crippen molar-refractivity contribution >= 4 is 17.5 Å². The topological polar surface area (TPSA) is 91.0 Å². The molecule has 0 fully saturated rings. The van der Waals surface area contributed by atoms with E-state index in [9.17, 15) is 9.59 Å². The van der Waals surface area contributed by atoms with E-state index in [2.05, 4.69) is 15.5 Å². The molecule has 0 unspecified atom stereocenters. The fourth-order valence-electron chi connectivity index (χ4n) is 2.34. The summed E-state index contributed by atoms with van der Waals surface area (Å²) in [7, 11) is 0. The summed E-state index contributed by atoms with van der Waals surface area (Å²) in [6.45, 7) is 2.07. The van der Waals surface area contributed by atoms with Crippen molar-refractivity contribution in [2.45, 2.75) is 19.6 Å². The number of ether oxygens (including phenoxy) is 1. The number of nitrogens with zero attached hydrogens (tertiary/aromatic N) is 4. The van der Waals surface area contributed by atoms with Gasteiger partial charge < -0.3 is 10.1 Å². The van der Waals surface area contributed by atoms with Crippen molar-refractivity contribution in [3.05, 3.63) is 70.2 Å². The molecule has 0 aliphatic rings. The van der Waals surface area contributed by atoms with Gasteiger partial charge in [-0.25, -0.2) is 9.36 Å². The zero-order valence-corrected chi connectivity index (χ0v) is 15.3. The van der Waals surface area contributed by atoms with Gasteiger partial charge in [-0.15, -0.1) is 5.10 Å². The Labute approximate surface area is 160 Å². The number of halogens is 1. The summed E-state index contributed by atoms with van der Waals surface area (Å²) in [6, 6.07) is 11.7. The first-order chi connectivity index (χ1) is 13.0. The molecule has 1 N–H and O–H groups in total. The van der Waals surface area contributed by atoms with Gasteiger partial charge in [0.15, 0.2) is 11.9 Å². The second-order valence-electron chi connectivity index (χ2n) is 5.69. The molecular weight excluding hydrogens is 370 g/mol. The van der Waals surface area contributed by atoms with Crippen molar-refractivity contribution in [3.8, 4) is 11.6 Å².